The highest BCUT2D eigenvalue weighted by Crippen LogP contribution is 2.16. The van der Waals surface area contributed by atoms with Gasteiger partial charge >= 0.3 is 53.7 Å². The average molecular weight is 1170 g/mol. The Balaban J connectivity index is 0. The van der Waals surface area contributed by atoms with E-state index >= 15 is 0 Å². The molecule has 0 bridgehead atoms. The lowest BCUT2D eigenvalue weighted by atomic mass is 10.00. The highest BCUT2D eigenvalue weighted by atomic mass is 16.6. The number of ketones is 3. The molecule has 0 aliphatic heterocycles. The predicted octanol–water partition coefficient (Wildman–Crippen LogP) is 7.67. The highest BCUT2D eigenvalue weighted by Gasteiger charge is 2.22. The summed E-state index contributed by atoms with van der Waals surface area (Å²) in [4.78, 5) is 137. The first-order chi connectivity index (χ1) is 38.8. The number of aliphatic hydroxyl groups is 2. The summed E-state index contributed by atoms with van der Waals surface area (Å²) in [6.07, 6.45) is 0.173. The van der Waals surface area contributed by atoms with Crippen LogP contribution in [0, 0.1) is 0 Å². The lowest BCUT2D eigenvalue weighted by Gasteiger charge is -2.10. The Bertz CT molecular complexity index is 2980. The molecule has 0 radical (unpaired) electrons. The van der Waals surface area contributed by atoms with Gasteiger partial charge in [0.05, 0.1) is 40.0 Å². The number of aromatic carboxylic acids is 2. The van der Waals surface area contributed by atoms with E-state index in [1.165, 1.54) is 100 Å². The van der Waals surface area contributed by atoms with Crippen LogP contribution in [-0.4, -0.2) is 150 Å². The summed E-state index contributed by atoms with van der Waals surface area (Å²) in [6.45, 7) is 18.0. The van der Waals surface area contributed by atoms with Gasteiger partial charge in [0.25, 0.3) is 0 Å². The Morgan fingerprint density at radius 2 is 0.655 bits per heavy atom. The number of carbonyl (C=O) groups is 12. The second kappa shape index (κ2) is 41.1. The molecule has 2 unspecified atom stereocenters. The fourth-order valence-corrected chi connectivity index (χ4v) is 5.95. The van der Waals surface area contributed by atoms with Crippen molar-refractivity contribution in [1.29, 1.82) is 0 Å². The van der Waals surface area contributed by atoms with Crippen molar-refractivity contribution < 1.29 is 111 Å². The van der Waals surface area contributed by atoms with Crippen LogP contribution >= 0.6 is 0 Å². The van der Waals surface area contributed by atoms with Crippen LogP contribution < -0.4 is 0 Å². The number of ether oxygens (including phenoxy) is 7. The zero-order valence-corrected chi connectivity index (χ0v) is 45.3. The van der Waals surface area contributed by atoms with E-state index in [4.69, 9.17) is 33.9 Å². The second-order valence-electron chi connectivity index (χ2n) is 16.6. The van der Waals surface area contributed by atoms with Gasteiger partial charge in [-0.3, -0.25) is 14.4 Å². The monoisotopic (exact) mass is 1170 g/mol. The molecule has 4 N–H and O–H groups in total. The molecule has 0 saturated heterocycles. The van der Waals surface area contributed by atoms with E-state index in [9.17, 15) is 67.7 Å². The Labute approximate surface area is 485 Å². The van der Waals surface area contributed by atoms with Crippen LogP contribution in [0.4, 0.5) is 0 Å². The molecule has 452 valence electrons. The predicted molar refractivity (Wildman–Crippen MR) is 303 cm³/mol. The van der Waals surface area contributed by atoms with E-state index < -0.39 is 78.3 Å². The van der Waals surface area contributed by atoms with Crippen LogP contribution in [0.1, 0.15) is 138 Å². The number of benzene rings is 4. The molecule has 0 spiro atoms. The van der Waals surface area contributed by atoms with Gasteiger partial charge in [-0.25, -0.2) is 43.2 Å². The van der Waals surface area contributed by atoms with Crippen molar-refractivity contribution in [3.8, 4) is 0 Å². The summed E-state index contributed by atoms with van der Waals surface area (Å²) >= 11 is 0. The molecule has 4 aromatic carbocycles. The number of Topliss-reactive ketones (excluding diaryl/α,β-unsaturated/α-hetero) is 3. The molecule has 84 heavy (non-hydrogen) atoms. The van der Waals surface area contributed by atoms with Gasteiger partial charge in [0.15, 0.2) is 18.2 Å². The van der Waals surface area contributed by atoms with E-state index in [2.05, 4.69) is 35.8 Å². The zero-order valence-electron chi connectivity index (χ0n) is 45.3. The van der Waals surface area contributed by atoms with Crippen molar-refractivity contribution >= 4 is 71.1 Å². The number of hydrogen-bond donors (Lipinski definition) is 4. The SMILES string of the molecule is C.C.C=C(C)C(=O)OCCOC(=O)c1ccccc1C(=O)CC(C)O.C=C(C)C(=O)OCCOC(=O)c1ccccc1C(=O)O.C=CC(=O)OCC(=O)c1ccccc1C(=O)O.C=CC(=O)OCCOC(=O)c1ccccc1C(=O)CC(C)O. The number of carboxylic acid groups (broad SMARTS) is 2. The molecule has 0 amide bonds. The van der Waals surface area contributed by atoms with E-state index in [0.717, 1.165) is 12.2 Å². The van der Waals surface area contributed by atoms with Crippen LogP contribution in [0.25, 0.3) is 0 Å². The minimum Gasteiger partial charge on any atom is -0.478 e. The lowest BCUT2D eigenvalue weighted by molar-refractivity contribution is -0.140. The van der Waals surface area contributed by atoms with Crippen LogP contribution in [-0.2, 0) is 52.3 Å². The maximum atomic E-state index is 12.0. The first kappa shape index (κ1) is 76.1. The van der Waals surface area contributed by atoms with Crippen LogP contribution in [0.3, 0.4) is 0 Å². The van der Waals surface area contributed by atoms with Crippen molar-refractivity contribution in [2.24, 2.45) is 0 Å². The van der Waals surface area contributed by atoms with Gasteiger partial charge in [-0.05, 0) is 58.0 Å². The fraction of sp³-hybridized carbons (Fsp3) is 0.279. The van der Waals surface area contributed by atoms with Crippen molar-refractivity contribution in [3.63, 3.8) is 0 Å². The summed E-state index contributed by atoms with van der Waals surface area (Å²) in [5.41, 5.74) is 0.811. The number of rotatable bonds is 27. The van der Waals surface area contributed by atoms with Gasteiger partial charge in [0.1, 0.15) is 39.6 Å². The largest absolute Gasteiger partial charge is 0.478 e. The number of carbonyl (C=O) groups excluding carboxylic acids is 10. The van der Waals surface area contributed by atoms with Gasteiger partial charge in [0, 0.05) is 52.8 Å². The first-order valence-corrected chi connectivity index (χ1v) is 24.3. The quantitative estimate of drug-likeness (QED) is 0.0146. The molecule has 23 heteroatoms. The standard InChI is InChI=1S/C17H20O6.C16H18O6.C14H14O6.C12H10O5.2CH4/c1-11(2)16(20)22-8-9-23-17(21)14-7-5-4-6-13(14)15(19)10-12(3)18;1-3-15(19)21-8-9-22-16(20)13-7-5-4-6-12(13)14(18)10-11(2)17;1-9(2)13(17)19-7-8-20-14(18)11-6-4-3-5-10(11)12(15)16;1-2-11(14)17-7-10(13)8-5-3-4-6-9(8)12(15)16;;/h4-7,12,18H,1,8-10H2,2-3H3;3-7,11,17H,1,8-10H2,2H3;3-6H,1,7-8H2,2H3,(H,15,16);2-6H,1,7H2,(H,15,16);2*1H4. The van der Waals surface area contributed by atoms with Crippen molar-refractivity contribution in [3.05, 3.63) is 191 Å². The minimum atomic E-state index is -1.22. The number of carboxylic acids is 2. The molecule has 0 aromatic heterocycles. The van der Waals surface area contributed by atoms with Gasteiger partial charge in [-0.2, -0.15) is 0 Å². The van der Waals surface area contributed by atoms with Crippen LogP contribution in [0.2, 0.25) is 0 Å². The smallest absolute Gasteiger partial charge is 0.339 e. The molecule has 2 atom stereocenters. The Hall–Kier alpha value is -10.0. The highest BCUT2D eigenvalue weighted by molar-refractivity contribution is 6.08. The van der Waals surface area contributed by atoms with Crippen LogP contribution in [0.5, 0.6) is 0 Å². The van der Waals surface area contributed by atoms with Crippen molar-refractivity contribution in [1.82, 2.24) is 0 Å². The Kier molecular flexibility index (Phi) is 37.2. The van der Waals surface area contributed by atoms with Gasteiger partial charge in [0.2, 0.25) is 5.78 Å². The van der Waals surface area contributed by atoms with Crippen molar-refractivity contribution in [2.75, 3.05) is 46.2 Å². The number of esters is 7. The topological polar surface area (TPSA) is 350 Å². The second-order valence-corrected chi connectivity index (χ2v) is 16.6. The molecule has 4 aromatic rings. The summed E-state index contributed by atoms with van der Waals surface area (Å²) in [5.74, 6) is -8.32. The molecule has 0 aliphatic rings. The average Bonchev–Trinajstić information content (AvgIpc) is 3.57. The summed E-state index contributed by atoms with van der Waals surface area (Å²) in [5, 5.41) is 36.4. The summed E-state index contributed by atoms with van der Waals surface area (Å²) in [7, 11) is 0. The molecule has 0 heterocycles. The summed E-state index contributed by atoms with van der Waals surface area (Å²) < 4.78 is 33.5. The molecule has 23 nitrogen and oxygen atoms in total. The molecular weight excluding hydrogens is 1100 g/mol. The van der Waals surface area contributed by atoms with E-state index in [1.807, 2.05) is 0 Å². The van der Waals surface area contributed by atoms with E-state index in [-0.39, 0.29) is 135 Å². The molecule has 0 aliphatic carbocycles. The maximum absolute atomic E-state index is 12.0. The van der Waals surface area contributed by atoms with Crippen molar-refractivity contribution in [2.45, 2.75) is 67.6 Å². The third-order valence-electron chi connectivity index (χ3n) is 9.73. The normalized spacial score (nSPS) is 10.3. The van der Waals surface area contributed by atoms with Crippen LogP contribution in [0.15, 0.2) is 147 Å². The zero-order chi connectivity index (χ0) is 61.9. The number of aliphatic hydroxyl groups excluding tert-OH is 2. The van der Waals surface area contributed by atoms with Gasteiger partial charge in [-0.15, -0.1) is 0 Å². The van der Waals surface area contributed by atoms with E-state index in [0.29, 0.717) is 0 Å². The Morgan fingerprint density at radius 3 is 0.952 bits per heavy atom. The molecule has 0 fully saturated rings. The number of hydrogen-bond acceptors (Lipinski definition) is 21. The summed E-state index contributed by atoms with van der Waals surface area (Å²) in [6, 6.07) is 23.8. The maximum Gasteiger partial charge on any atom is 0.339 e. The molecule has 0 saturated carbocycles. The van der Waals surface area contributed by atoms with Gasteiger partial charge < -0.3 is 53.6 Å². The first-order valence-electron chi connectivity index (χ1n) is 24.3. The lowest BCUT2D eigenvalue weighted by Crippen LogP contribution is -2.18. The molecule has 4 rings (SSSR count). The van der Waals surface area contributed by atoms with Gasteiger partial charge in [-0.1, -0.05) is 108 Å². The Morgan fingerprint density at radius 1 is 0.405 bits per heavy atom. The minimum absolute atomic E-state index is 0. The van der Waals surface area contributed by atoms with E-state index in [1.54, 1.807) is 24.3 Å². The third kappa shape index (κ3) is 28.9. The third-order valence-corrected chi connectivity index (χ3v) is 9.73. The fourth-order valence-electron chi connectivity index (χ4n) is 5.95. The molecular formula is C61H70O23.